The van der Waals surface area contributed by atoms with Crippen LogP contribution in [0.15, 0.2) is 18.2 Å². The van der Waals surface area contributed by atoms with Crippen LogP contribution in [0.3, 0.4) is 0 Å². The molecule has 1 fully saturated rings. The molecule has 4 nitrogen and oxygen atoms in total. The lowest BCUT2D eigenvalue weighted by atomic mass is 10.1. The van der Waals surface area contributed by atoms with Crippen molar-refractivity contribution in [3.05, 3.63) is 29.3 Å². The number of aryl methyl sites for hydroxylation is 1. The number of hydrogen-bond acceptors (Lipinski definition) is 2. The molecule has 24 heavy (non-hydrogen) atoms. The fraction of sp³-hybridized carbons (Fsp3) is 0.588. The van der Waals surface area contributed by atoms with Crippen LogP contribution in [0.1, 0.15) is 37.3 Å². The summed E-state index contributed by atoms with van der Waals surface area (Å²) in [6.07, 6.45) is -1.22. The van der Waals surface area contributed by atoms with Crippen molar-refractivity contribution in [3.8, 4) is 0 Å². The van der Waals surface area contributed by atoms with Gasteiger partial charge in [0.1, 0.15) is 0 Å². The van der Waals surface area contributed by atoms with Gasteiger partial charge in [-0.15, -0.1) is 0 Å². The van der Waals surface area contributed by atoms with Crippen molar-refractivity contribution in [3.63, 3.8) is 0 Å². The highest BCUT2D eigenvalue weighted by atomic mass is 19.4. The van der Waals surface area contributed by atoms with Crippen LogP contribution >= 0.6 is 0 Å². The van der Waals surface area contributed by atoms with Crippen LogP contribution in [-0.2, 0) is 6.18 Å². The normalized spacial score (nSPS) is 18.6. The molecule has 134 valence electrons. The average molecular weight is 343 g/mol. The number of nitrogens with zero attached hydrogens (tertiary/aromatic N) is 1. The van der Waals surface area contributed by atoms with Gasteiger partial charge >= 0.3 is 12.2 Å². The molecule has 1 aromatic rings. The number of hydrogen-bond donors (Lipinski definition) is 2. The van der Waals surface area contributed by atoms with Crippen molar-refractivity contribution in [1.29, 1.82) is 0 Å². The first-order chi connectivity index (χ1) is 11.3. The van der Waals surface area contributed by atoms with E-state index in [1.165, 1.54) is 6.07 Å². The number of carbonyl (C=O) groups excluding carboxylic acids is 1. The van der Waals surface area contributed by atoms with E-state index < -0.39 is 17.8 Å². The van der Waals surface area contributed by atoms with Crippen LogP contribution in [0.5, 0.6) is 0 Å². The summed E-state index contributed by atoms with van der Waals surface area (Å²) in [7, 11) is 0. The fourth-order valence-electron chi connectivity index (χ4n) is 3.02. The maximum atomic E-state index is 12.8. The summed E-state index contributed by atoms with van der Waals surface area (Å²) in [5.74, 6) is 0. The van der Waals surface area contributed by atoms with Crippen molar-refractivity contribution in [2.24, 2.45) is 0 Å². The third kappa shape index (κ3) is 4.87. The second kappa shape index (κ2) is 7.88. The van der Waals surface area contributed by atoms with Crippen molar-refractivity contribution < 1.29 is 18.0 Å². The molecule has 0 aliphatic carbocycles. The fourth-order valence-corrected chi connectivity index (χ4v) is 3.02. The summed E-state index contributed by atoms with van der Waals surface area (Å²) in [4.78, 5) is 14.4. The Morgan fingerprint density at radius 1 is 1.38 bits per heavy atom. The average Bonchev–Trinajstić information content (AvgIpc) is 2.94. The molecule has 1 aliphatic heterocycles. The standard InChI is InChI=1S/C17H24F3N3O/c1-3-8-23-9-4-5-14(23)11-21-16(24)22-15-10-13(17(18,19)20)7-6-12(15)2/h6-7,10,14H,3-5,8-9,11H2,1-2H3,(H2,21,22,24)/t14-/m0/s1. The summed E-state index contributed by atoms with van der Waals surface area (Å²) in [5, 5.41) is 5.30. The molecule has 1 heterocycles. The first-order valence-electron chi connectivity index (χ1n) is 8.28. The van der Waals surface area contributed by atoms with Crippen LogP contribution in [0.4, 0.5) is 23.7 Å². The predicted molar refractivity (Wildman–Crippen MR) is 88.1 cm³/mol. The van der Waals surface area contributed by atoms with Gasteiger partial charge in [-0.05, 0) is 57.0 Å². The second-order valence-electron chi connectivity index (χ2n) is 6.19. The molecule has 2 amide bonds. The van der Waals surface area contributed by atoms with Crippen LogP contribution in [-0.4, -0.2) is 36.6 Å². The van der Waals surface area contributed by atoms with Crippen molar-refractivity contribution >= 4 is 11.7 Å². The number of amides is 2. The van der Waals surface area contributed by atoms with Crippen LogP contribution in [0.25, 0.3) is 0 Å². The molecular weight excluding hydrogens is 319 g/mol. The van der Waals surface area contributed by atoms with Crippen molar-refractivity contribution in [2.75, 3.05) is 25.0 Å². The number of carbonyl (C=O) groups is 1. The highest BCUT2D eigenvalue weighted by Crippen LogP contribution is 2.32. The van der Waals surface area contributed by atoms with Gasteiger partial charge in [-0.25, -0.2) is 4.79 Å². The highest BCUT2D eigenvalue weighted by Gasteiger charge is 2.31. The minimum atomic E-state index is -4.43. The number of alkyl halides is 3. The minimum Gasteiger partial charge on any atom is -0.336 e. The first-order valence-corrected chi connectivity index (χ1v) is 8.28. The molecule has 0 saturated carbocycles. The lowest BCUT2D eigenvalue weighted by molar-refractivity contribution is -0.137. The number of nitrogens with one attached hydrogen (secondary N) is 2. The van der Waals surface area contributed by atoms with Gasteiger partial charge in [-0.1, -0.05) is 13.0 Å². The zero-order chi connectivity index (χ0) is 17.7. The molecule has 0 spiro atoms. The zero-order valence-corrected chi connectivity index (χ0v) is 14.0. The second-order valence-corrected chi connectivity index (χ2v) is 6.19. The molecule has 7 heteroatoms. The smallest absolute Gasteiger partial charge is 0.336 e. The van der Waals surface area contributed by atoms with E-state index in [1.807, 2.05) is 0 Å². The first kappa shape index (κ1) is 18.6. The molecule has 0 unspecified atom stereocenters. The Labute approximate surface area is 140 Å². The van der Waals surface area contributed by atoms with Crippen LogP contribution < -0.4 is 10.6 Å². The highest BCUT2D eigenvalue weighted by molar-refractivity contribution is 5.90. The van der Waals surface area contributed by atoms with Gasteiger partial charge in [0.05, 0.1) is 5.56 Å². The van der Waals surface area contributed by atoms with Gasteiger partial charge in [0.15, 0.2) is 0 Å². The number of anilines is 1. The molecule has 1 atom stereocenters. The predicted octanol–water partition coefficient (Wildman–Crippen LogP) is 4.01. The number of halogens is 3. The Hall–Kier alpha value is -1.76. The molecule has 1 saturated heterocycles. The van der Waals surface area contributed by atoms with E-state index >= 15 is 0 Å². The quantitative estimate of drug-likeness (QED) is 0.848. The summed E-state index contributed by atoms with van der Waals surface area (Å²) in [6, 6.07) is 3.17. The third-order valence-electron chi connectivity index (χ3n) is 4.32. The Morgan fingerprint density at radius 2 is 2.12 bits per heavy atom. The Kier molecular flexibility index (Phi) is 6.10. The van der Waals surface area contributed by atoms with Gasteiger partial charge in [-0.3, -0.25) is 4.90 Å². The summed E-state index contributed by atoms with van der Waals surface area (Å²) in [5.41, 5.74) is -0.000832. The molecule has 2 rings (SSSR count). The number of urea groups is 1. The van der Waals surface area contributed by atoms with E-state index in [0.29, 0.717) is 18.2 Å². The lowest BCUT2D eigenvalue weighted by Crippen LogP contribution is -2.41. The van der Waals surface area contributed by atoms with E-state index in [1.54, 1.807) is 6.92 Å². The van der Waals surface area contributed by atoms with E-state index in [2.05, 4.69) is 22.5 Å². The Bertz CT molecular complexity index is 575. The van der Waals surface area contributed by atoms with E-state index in [9.17, 15) is 18.0 Å². The van der Waals surface area contributed by atoms with Gasteiger partial charge in [0.25, 0.3) is 0 Å². The molecule has 0 aromatic heterocycles. The number of rotatable bonds is 5. The number of likely N-dealkylation sites (tertiary alicyclic amines) is 1. The summed E-state index contributed by atoms with van der Waals surface area (Å²) >= 11 is 0. The SMILES string of the molecule is CCCN1CCC[C@H]1CNC(=O)Nc1cc(C(F)(F)F)ccc1C. The van der Waals surface area contributed by atoms with E-state index in [4.69, 9.17) is 0 Å². The van der Waals surface area contributed by atoms with Gasteiger partial charge in [0.2, 0.25) is 0 Å². The topological polar surface area (TPSA) is 44.4 Å². The molecule has 0 bridgehead atoms. The van der Waals surface area contributed by atoms with Crippen LogP contribution in [0, 0.1) is 6.92 Å². The maximum absolute atomic E-state index is 12.8. The zero-order valence-electron chi connectivity index (χ0n) is 14.0. The van der Waals surface area contributed by atoms with Crippen molar-refractivity contribution in [2.45, 2.75) is 45.3 Å². The molecular formula is C17H24F3N3O. The van der Waals surface area contributed by atoms with Gasteiger partial charge in [0, 0.05) is 18.3 Å². The largest absolute Gasteiger partial charge is 0.416 e. The number of benzene rings is 1. The lowest BCUT2D eigenvalue weighted by Gasteiger charge is -2.24. The van der Waals surface area contributed by atoms with Crippen LogP contribution in [0.2, 0.25) is 0 Å². The molecule has 2 N–H and O–H groups in total. The van der Waals surface area contributed by atoms with E-state index in [0.717, 1.165) is 44.5 Å². The third-order valence-corrected chi connectivity index (χ3v) is 4.32. The Morgan fingerprint density at radius 3 is 2.79 bits per heavy atom. The molecule has 1 aliphatic rings. The minimum absolute atomic E-state index is 0.180. The monoisotopic (exact) mass is 343 g/mol. The maximum Gasteiger partial charge on any atom is 0.416 e. The summed E-state index contributed by atoms with van der Waals surface area (Å²) in [6.45, 7) is 6.32. The molecule has 1 aromatic carbocycles. The molecule has 0 radical (unpaired) electrons. The van der Waals surface area contributed by atoms with Gasteiger partial charge < -0.3 is 10.6 Å². The van der Waals surface area contributed by atoms with Gasteiger partial charge in [-0.2, -0.15) is 13.2 Å². The Balaban J connectivity index is 1.93. The van der Waals surface area contributed by atoms with Crippen molar-refractivity contribution in [1.82, 2.24) is 10.2 Å². The van der Waals surface area contributed by atoms with E-state index in [-0.39, 0.29) is 5.69 Å². The summed E-state index contributed by atoms with van der Waals surface area (Å²) < 4.78 is 38.3.